The fourth-order valence-electron chi connectivity index (χ4n) is 2.06. The van der Waals surface area contributed by atoms with Crippen LogP contribution in [-0.2, 0) is 0 Å². The Morgan fingerprint density at radius 3 is 2.80 bits per heavy atom. The third-order valence-corrected chi connectivity index (χ3v) is 4.10. The van der Waals surface area contributed by atoms with Crippen molar-refractivity contribution in [3.8, 4) is 0 Å². The van der Waals surface area contributed by atoms with Crippen LogP contribution in [0.15, 0.2) is 42.7 Å². The van der Waals surface area contributed by atoms with Crippen molar-refractivity contribution in [3.63, 3.8) is 0 Å². The van der Waals surface area contributed by atoms with Crippen LogP contribution in [0, 0.1) is 6.92 Å². The standard InChI is InChI=1S/C15H12N2O2S/c1-10-5-6-15(20-10)14(19)8-13(18)11-9-16-17-7-3-2-4-12(11)17/h2-7,9H,8H2,1H3. The summed E-state index contributed by atoms with van der Waals surface area (Å²) in [6.45, 7) is 1.94. The molecular formula is C15H12N2O2S. The number of carbonyl (C=O) groups is 2. The lowest BCUT2D eigenvalue weighted by Crippen LogP contribution is -2.07. The number of hydrogen-bond acceptors (Lipinski definition) is 4. The highest BCUT2D eigenvalue weighted by molar-refractivity contribution is 7.14. The minimum Gasteiger partial charge on any atom is -0.294 e. The summed E-state index contributed by atoms with van der Waals surface area (Å²) in [6, 6.07) is 9.16. The van der Waals surface area contributed by atoms with Crippen molar-refractivity contribution in [1.82, 2.24) is 9.61 Å². The summed E-state index contributed by atoms with van der Waals surface area (Å²) >= 11 is 1.42. The van der Waals surface area contributed by atoms with Gasteiger partial charge >= 0.3 is 0 Å². The number of hydrogen-bond donors (Lipinski definition) is 0. The third kappa shape index (κ3) is 2.28. The van der Waals surface area contributed by atoms with Crippen molar-refractivity contribution in [3.05, 3.63) is 58.0 Å². The minimum absolute atomic E-state index is 0.115. The SMILES string of the molecule is Cc1ccc(C(=O)CC(=O)c2cnn3ccccc23)s1. The van der Waals surface area contributed by atoms with Crippen molar-refractivity contribution in [2.24, 2.45) is 0 Å². The zero-order chi connectivity index (χ0) is 14.1. The van der Waals surface area contributed by atoms with Gasteiger partial charge in [-0.25, -0.2) is 4.52 Å². The summed E-state index contributed by atoms with van der Waals surface area (Å²) in [5, 5.41) is 4.11. The molecule has 3 aromatic rings. The molecule has 5 heteroatoms. The predicted molar refractivity (Wildman–Crippen MR) is 77.5 cm³/mol. The maximum atomic E-state index is 12.2. The molecule has 0 N–H and O–H groups in total. The molecule has 0 unspecified atom stereocenters. The van der Waals surface area contributed by atoms with E-state index in [-0.39, 0.29) is 18.0 Å². The highest BCUT2D eigenvalue weighted by Crippen LogP contribution is 2.19. The number of Topliss-reactive ketones (excluding diaryl/α,β-unsaturated/α-hetero) is 2. The lowest BCUT2D eigenvalue weighted by atomic mass is 10.1. The van der Waals surface area contributed by atoms with Gasteiger partial charge in [-0.05, 0) is 31.2 Å². The lowest BCUT2D eigenvalue weighted by molar-refractivity contribution is 0.0897. The quantitative estimate of drug-likeness (QED) is 0.546. The number of fused-ring (bicyclic) bond motifs is 1. The Balaban J connectivity index is 1.84. The van der Waals surface area contributed by atoms with Gasteiger partial charge in [0, 0.05) is 11.1 Å². The van der Waals surface area contributed by atoms with E-state index in [2.05, 4.69) is 5.10 Å². The molecule has 0 aromatic carbocycles. The summed E-state index contributed by atoms with van der Waals surface area (Å²) in [4.78, 5) is 26.0. The van der Waals surface area contributed by atoms with E-state index in [0.29, 0.717) is 10.4 Å². The molecule has 0 spiro atoms. The van der Waals surface area contributed by atoms with E-state index in [1.54, 1.807) is 16.8 Å². The number of aromatic nitrogens is 2. The zero-order valence-electron chi connectivity index (χ0n) is 10.9. The normalized spacial score (nSPS) is 10.8. The van der Waals surface area contributed by atoms with Gasteiger partial charge in [-0.1, -0.05) is 6.07 Å². The highest BCUT2D eigenvalue weighted by atomic mass is 32.1. The molecular weight excluding hydrogens is 272 g/mol. The summed E-state index contributed by atoms with van der Waals surface area (Å²) in [5.74, 6) is -0.328. The molecule has 0 radical (unpaired) electrons. The zero-order valence-corrected chi connectivity index (χ0v) is 11.7. The fraction of sp³-hybridized carbons (Fsp3) is 0.133. The monoisotopic (exact) mass is 284 g/mol. The van der Waals surface area contributed by atoms with Crippen molar-refractivity contribution >= 4 is 28.4 Å². The maximum Gasteiger partial charge on any atom is 0.180 e. The molecule has 3 heterocycles. The van der Waals surface area contributed by atoms with Gasteiger partial charge in [-0.3, -0.25) is 9.59 Å². The summed E-state index contributed by atoms with van der Waals surface area (Å²) in [7, 11) is 0. The van der Waals surface area contributed by atoms with Gasteiger partial charge in [0.05, 0.1) is 28.6 Å². The van der Waals surface area contributed by atoms with E-state index in [1.165, 1.54) is 17.5 Å². The molecule has 0 atom stereocenters. The molecule has 20 heavy (non-hydrogen) atoms. The average Bonchev–Trinajstić information content (AvgIpc) is 3.04. The second kappa shape index (κ2) is 5.02. The van der Waals surface area contributed by atoms with Crippen molar-refractivity contribution in [2.45, 2.75) is 13.3 Å². The molecule has 0 aliphatic carbocycles. The number of pyridine rings is 1. The largest absolute Gasteiger partial charge is 0.294 e. The van der Waals surface area contributed by atoms with Crippen LogP contribution < -0.4 is 0 Å². The second-order valence-corrected chi connectivity index (χ2v) is 5.81. The van der Waals surface area contributed by atoms with Crippen LogP contribution in [0.1, 0.15) is 31.3 Å². The first-order chi connectivity index (χ1) is 9.65. The van der Waals surface area contributed by atoms with Gasteiger partial charge < -0.3 is 0 Å². The molecule has 0 amide bonds. The first kappa shape index (κ1) is 12.7. The van der Waals surface area contributed by atoms with E-state index in [4.69, 9.17) is 0 Å². The Morgan fingerprint density at radius 1 is 1.20 bits per heavy atom. The average molecular weight is 284 g/mol. The summed E-state index contributed by atoms with van der Waals surface area (Å²) < 4.78 is 1.63. The number of aryl methyl sites for hydroxylation is 1. The van der Waals surface area contributed by atoms with Gasteiger partial charge in [0.2, 0.25) is 0 Å². The smallest absolute Gasteiger partial charge is 0.180 e. The van der Waals surface area contributed by atoms with E-state index >= 15 is 0 Å². The summed E-state index contributed by atoms with van der Waals surface area (Å²) in [6.07, 6.45) is 3.18. The van der Waals surface area contributed by atoms with Crippen LogP contribution in [0.4, 0.5) is 0 Å². The Labute approximate surface area is 119 Å². The molecule has 0 aliphatic heterocycles. The molecule has 0 saturated carbocycles. The number of rotatable bonds is 4. The lowest BCUT2D eigenvalue weighted by Gasteiger charge is -1.98. The minimum atomic E-state index is -0.192. The molecule has 0 saturated heterocycles. The summed E-state index contributed by atoms with van der Waals surface area (Å²) in [5.41, 5.74) is 1.22. The van der Waals surface area contributed by atoms with Gasteiger partial charge in [0.1, 0.15) is 0 Å². The molecule has 100 valence electrons. The fourth-order valence-corrected chi connectivity index (χ4v) is 2.87. The van der Waals surface area contributed by atoms with E-state index < -0.39 is 0 Å². The maximum absolute atomic E-state index is 12.2. The van der Waals surface area contributed by atoms with Crippen LogP contribution in [0.3, 0.4) is 0 Å². The number of thiophene rings is 1. The topological polar surface area (TPSA) is 51.4 Å². The van der Waals surface area contributed by atoms with Crippen LogP contribution in [-0.4, -0.2) is 21.2 Å². The molecule has 0 fully saturated rings. The van der Waals surface area contributed by atoms with E-state index in [1.807, 2.05) is 31.2 Å². The highest BCUT2D eigenvalue weighted by Gasteiger charge is 2.18. The Hall–Kier alpha value is -2.27. The first-order valence-corrected chi connectivity index (χ1v) is 7.02. The molecule has 0 aliphatic rings. The van der Waals surface area contributed by atoms with Crippen LogP contribution >= 0.6 is 11.3 Å². The molecule has 3 rings (SSSR count). The first-order valence-electron chi connectivity index (χ1n) is 6.20. The second-order valence-electron chi connectivity index (χ2n) is 4.52. The molecule has 3 aromatic heterocycles. The predicted octanol–water partition coefficient (Wildman–Crippen LogP) is 3.16. The van der Waals surface area contributed by atoms with E-state index in [9.17, 15) is 9.59 Å². The van der Waals surface area contributed by atoms with E-state index in [0.717, 1.165) is 10.4 Å². The van der Waals surface area contributed by atoms with Crippen LogP contribution in [0.2, 0.25) is 0 Å². The van der Waals surface area contributed by atoms with Crippen molar-refractivity contribution < 1.29 is 9.59 Å². The van der Waals surface area contributed by atoms with Crippen molar-refractivity contribution in [1.29, 1.82) is 0 Å². The number of carbonyl (C=O) groups excluding carboxylic acids is 2. The van der Waals surface area contributed by atoms with Gasteiger partial charge in [0.25, 0.3) is 0 Å². The molecule has 4 nitrogen and oxygen atoms in total. The Kier molecular flexibility index (Phi) is 3.20. The van der Waals surface area contributed by atoms with Crippen LogP contribution in [0.5, 0.6) is 0 Å². The number of ketones is 2. The third-order valence-electron chi connectivity index (χ3n) is 3.06. The van der Waals surface area contributed by atoms with Gasteiger partial charge in [-0.15, -0.1) is 11.3 Å². The number of nitrogens with zero attached hydrogens (tertiary/aromatic N) is 2. The Bertz CT molecular complexity index is 801. The van der Waals surface area contributed by atoms with Gasteiger partial charge in [-0.2, -0.15) is 5.10 Å². The Morgan fingerprint density at radius 2 is 2.05 bits per heavy atom. The molecule has 0 bridgehead atoms. The van der Waals surface area contributed by atoms with Gasteiger partial charge in [0.15, 0.2) is 11.6 Å². The van der Waals surface area contributed by atoms with Crippen molar-refractivity contribution in [2.75, 3.05) is 0 Å². The van der Waals surface area contributed by atoms with Crippen LogP contribution in [0.25, 0.3) is 5.52 Å².